The quantitative estimate of drug-likeness (QED) is 0.359. The van der Waals surface area contributed by atoms with E-state index in [1.807, 2.05) is 0 Å². The van der Waals surface area contributed by atoms with Crippen LogP contribution in [0.15, 0.2) is 0 Å². The van der Waals surface area contributed by atoms with E-state index < -0.39 is 41.9 Å². The minimum atomic E-state index is -1.07. The van der Waals surface area contributed by atoms with E-state index >= 15 is 0 Å². The first-order valence-corrected chi connectivity index (χ1v) is 8.29. The van der Waals surface area contributed by atoms with Gasteiger partial charge in [-0.1, -0.05) is 0 Å². The molecule has 26 heavy (non-hydrogen) atoms. The fraction of sp³-hybridized carbons (Fsp3) is 0.812. The third-order valence-corrected chi connectivity index (χ3v) is 3.30. The summed E-state index contributed by atoms with van der Waals surface area (Å²) in [4.78, 5) is 35.8. The zero-order valence-electron chi connectivity index (χ0n) is 16.0. The van der Waals surface area contributed by atoms with Crippen LogP contribution in [0.2, 0.25) is 0 Å². The normalized spacial score (nSPS) is 13.8. The van der Waals surface area contributed by atoms with Crippen molar-refractivity contribution in [1.29, 1.82) is 0 Å². The number of methoxy groups -OCH3 is 2. The zero-order valence-corrected chi connectivity index (χ0v) is 16.0. The van der Waals surface area contributed by atoms with Gasteiger partial charge in [0.15, 0.2) is 6.29 Å². The van der Waals surface area contributed by atoms with Gasteiger partial charge in [0.1, 0.15) is 17.7 Å². The van der Waals surface area contributed by atoms with Crippen LogP contribution >= 0.6 is 0 Å². The Kier molecular flexibility index (Phi) is 10.8. The lowest BCUT2D eigenvalue weighted by atomic mass is 10.1. The monoisotopic (exact) mass is 377 g/mol. The first-order valence-electron chi connectivity index (χ1n) is 8.29. The Labute approximate surface area is 153 Å². The predicted molar refractivity (Wildman–Crippen MR) is 93.0 cm³/mol. The molecule has 0 spiro atoms. The molecule has 0 aliphatic heterocycles. The molecule has 0 fully saturated rings. The molecule has 3 amide bonds. The highest BCUT2D eigenvalue weighted by atomic mass is 16.7. The summed E-state index contributed by atoms with van der Waals surface area (Å²) in [5.74, 6) is -1.38. The van der Waals surface area contributed by atoms with Crippen LogP contribution in [-0.2, 0) is 23.8 Å². The van der Waals surface area contributed by atoms with Crippen LogP contribution in [0.1, 0.15) is 40.0 Å². The molecule has 0 aromatic rings. The highest BCUT2D eigenvalue weighted by molar-refractivity contribution is 5.90. The lowest BCUT2D eigenvalue weighted by Crippen LogP contribution is -2.53. The maximum Gasteiger partial charge on any atom is 0.408 e. The van der Waals surface area contributed by atoms with Gasteiger partial charge >= 0.3 is 6.09 Å². The number of hydrogen-bond donors (Lipinski definition) is 4. The Balaban J connectivity index is 4.86. The smallest absolute Gasteiger partial charge is 0.408 e. The number of primary amides is 1. The molecule has 10 nitrogen and oxygen atoms in total. The van der Waals surface area contributed by atoms with Crippen LogP contribution < -0.4 is 16.4 Å². The number of alkyl carbamates (subject to hydrolysis) is 1. The number of aliphatic hydroxyl groups excluding tert-OH is 1. The Morgan fingerprint density at radius 3 is 2.00 bits per heavy atom. The second-order valence-electron chi connectivity index (χ2n) is 6.65. The van der Waals surface area contributed by atoms with Crippen molar-refractivity contribution in [2.45, 2.75) is 64.0 Å². The van der Waals surface area contributed by atoms with E-state index in [0.717, 1.165) is 0 Å². The fourth-order valence-corrected chi connectivity index (χ4v) is 2.04. The maximum absolute atomic E-state index is 12.4. The number of hydrogen-bond acceptors (Lipinski definition) is 7. The van der Waals surface area contributed by atoms with Crippen LogP contribution in [0.5, 0.6) is 0 Å². The average Bonchev–Trinajstić information content (AvgIpc) is 2.52. The summed E-state index contributed by atoms with van der Waals surface area (Å²) in [6, 6.07) is -2.05. The predicted octanol–water partition coefficient (Wildman–Crippen LogP) is -0.369. The number of nitrogens with one attached hydrogen (secondary N) is 2. The van der Waals surface area contributed by atoms with Crippen molar-refractivity contribution < 1.29 is 33.7 Å². The molecular weight excluding hydrogens is 346 g/mol. The average molecular weight is 377 g/mol. The topological polar surface area (TPSA) is 149 Å². The first kappa shape index (κ1) is 24.1. The van der Waals surface area contributed by atoms with Crippen molar-refractivity contribution in [2.75, 3.05) is 20.8 Å². The van der Waals surface area contributed by atoms with Crippen molar-refractivity contribution >= 4 is 17.9 Å². The number of rotatable bonds is 11. The summed E-state index contributed by atoms with van der Waals surface area (Å²) in [5.41, 5.74) is 4.58. The summed E-state index contributed by atoms with van der Waals surface area (Å²) in [7, 11) is 2.90. The van der Waals surface area contributed by atoms with E-state index in [1.165, 1.54) is 14.2 Å². The summed E-state index contributed by atoms with van der Waals surface area (Å²) in [5, 5.41) is 14.0. The van der Waals surface area contributed by atoms with Crippen molar-refractivity contribution in [2.24, 2.45) is 5.73 Å². The zero-order chi connectivity index (χ0) is 20.3. The van der Waals surface area contributed by atoms with Gasteiger partial charge in [0.2, 0.25) is 11.8 Å². The minimum absolute atomic E-state index is 0.0463. The van der Waals surface area contributed by atoms with Gasteiger partial charge in [0, 0.05) is 27.2 Å². The van der Waals surface area contributed by atoms with Gasteiger partial charge in [-0.15, -0.1) is 0 Å². The van der Waals surface area contributed by atoms with Crippen molar-refractivity contribution in [3.8, 4) is 0 Å². The number of ether oxygens (including phenoxy) is 3. The number of nitrogens with two attached hydrogens (primary N) is 1. The molecule has 0 aliphatic rings. The van der Waals surface area contributed by atoms with Gasteiger partial charge in [0.25, 0.3) is 0 Å². The van der Waals surface area contributed by atoms with E-state index in [0.29, 0.717) is 6.42 Å². The molecule has 0 bridgehead atoms. The van der Waals surface area contributed by atoms with Gasteiger partial charge in [0.05, 0.1) is 0 Å². The number of aliphatic hydroxyl groups is 1. The van der Waals surface area contributed by atoms with Gasteiger partial charge < -0.3 is 35.7 Å². The summed E-state index contributed by atoms with van der Waals surface area (Å²) >= 11 is 0. The van der Waals surface area contributed by atoms with Crippen LogP contribution in [0.3, 0.4) is 0 Å². The van der Waals surface area contributed by atoms with Gasteiger partial charge in [-0.25, -0.2) is 4.79 Å². The third-order valence-electron chi connectivity index (χ3n) is 3.30. The molecule has 0 radical (unpaired) electrons. The Bertz CT molecular complexity index is 461. The molecule has 0 aliphatic carbocycles. The molecule has 0 heterocycles. The molecule has 152 valence electrons. The lowest BCUT2D eigenvalue weighted by Gasteiger charge is -2.24. The Hall–Kier alpha value is -1.91. The van der Waals surface area contributed by atoms with Crippen LogP contribution in [0, 0.1) is 0 Å². The summed E-state index contributed by atoms with van der Waals surface area (Å²) < 4.78 is 15.1. The summed E-state index contributed by atoms with van der Waals surface area (Å²) in [6.45, 7) is 4.70. The van der Waals surface area contributed by atoms with Gasteiger partial charge in [-0.3, -0.25) is 9.59 Å². The number of carbonyl (C=O) groups excluding carboxylic acids is 3. The molecule has 2 atom stereocenters. The van der Waals surface area contributed by atoms with E-state index in [4.69, 9.17) is 25.1 Å². The number of carbonyl (C=O) groups is 3. The fourth-order valence-electron chi connectivity index (χ4n) is 2.04. The van der Waals surface area contributed by atoms with Crippen molar-refractivity contribution in [3.63, 3.8) is 0 Å². The van der Waals surface area contributed by atoms with Crippen LogP contribution in [-0.4, -0.2) is 67.8 Å². The molecule has 10 heteroatoms. The van der Waals surface area contributed by atoms with Crippen molar-refractivity contribution in [3.05, 3.63) is 0 Å². The molecule has 1 unspecified atom stereocenters. The van der Waals surface area contributed by atoms with E-state index in [-0.39, 0.29) is 19.4 Å². The molecular formula is C16H31N3O7. The third kappa shape index (κ3) is 10.2. The SMILES string of the molecule is COC(CCC(NC(=O)[C@H](CCO)NC(=O)OC(C)(C)C)C(N)=O)OC. The first-order chi connectivity index (χ1) is 12.0. The number of amides is 3. The summed E-state index contributed by atoms with van der Waals surface area (Å²) in [6.07, 6.45) is -0.881. The standard InChI is InChI=1S/C16H31N3O7/c1-16(2,3)26-15(23)19-11(8-9-20)14(22)18-10(13(17)21)6-7-12(24-4)25-5/h10-12,20H,6-9H2,1-5H3,(H2,17,21)(H,18,22)(H,19,23)/t10?,11-/m0/s1. The molecule has 0 aromatic carbocycles. The maximum atomic E-state index is 12.4. The molecule has 0 saturated heterocycles. The van der Waals surface area contributed by atoms with E-state index in [1.54, 1.807) is 20.8 Å². The van der Waals surface area contributed by atoms with Gasteiger partial charge in [-0.05, 0) is 33.6 Å². The Morgan fingerprint density at radius 2 is 1.58 bits per heavy atom. The second-order valence-corrected chi connectivity index (χ2v) is 6.65. The van der Waals surface area contributed by atoms with E-state index in [9.17, 15) is 14.4 Å². The van der Waals surface area contributed by atoms with Crippen LogP contribution in [0.25, 0.3) is 0 Å². The largest absolute Gasteiger partial charge is 0.444 e. The minimum Gasteiger partial charge on any atom is -0.444 e. The Morgan fingerprint density at radius 1 is 1.00 bits per heavy atom. The molecule has 5 N–H and O–H groups in total. The second kappa shape index (κ2) is 11.7. The van der Waals surface area contributed by atoms with Gasteiger partial charge in [-0.2, -0.15) is 0 Å². The van der Waals surface area contributed by atoms with Crippen LogP contribution in [0.4, 0.5) is 4.79 Å². The highest BCUT2D eigenvalue weighted by Crippen LogP contribution is 2.08. The van der Waals surface area contributed by atoms with Crippen molar-refractivity contribution in [1.82, 2.24) is 10.6 Å². The highest BCUT2D eigenvalue weighted by Gasteiger charge is 2.27. The molecule has 0 saturated carbocycles. The molecule has 0 aromatic heterocycles. The van der Waals surface area contributed by atoms with E-state index in [2.05, 4.69) is 10.6 Å². The molecule has 0 rings (SSSR count). The lowest BCUT2D eigenvalue weighted by molar-refractivity contribution is -0.130.